The summed E-state index contributed by atoms with van der Waals surface area (Å²) < 4.78 is 11.7. The van der Waals surface area contributed by atoms with E-state index in [1.54, 1.807) is 6.08 Å². The lowest BCUT2D eigenvalue weighted by Crippen LogP contribution is -2.24. The van der Waals surface area contributed by atoms with Crippen molar-refractivity contribution in [2.75, 3.05) is 6.61 Å². The zero-order valence-corrected chi connectivity index (χ0v) is 15.3. The van der Waals surface area contributed by atoms with Crippen LogP contribution in [0.3, 0.4) is 0 Å². The molecule has 0 aliphatic heterocycles. The second-order valence-corrected chi connectivity index (χ2v) is 11.9. The van der Waals surface area contributed by atoms with E-state index < -0.39 is 8.07 Å². The molecule has 3 heteroatoms. The van der Waals surface area contributed by atoms with Gasteiger partial charge in [-0.3, -0.25) is 0 Å². The van der Waals surface area contributed by atoms with Crippen LogP contribution in [0.15, 0.2) is 12.7 Å². The summed E-state index contributed by atoms with van der Waals surface area (Å²) in [4.78, 5) is 0. The van der Waals surface area contributed by atoms with E-state index in [1.165, 1.54) is 32.1 Å². The van der Waals surface area contributed by atoms with E-state index in [0.717, 1.165) is 13.0 Å². The van der Waals surface area contributed by atoms with Crippen LogP contribution in [0.2, 0.25) is 19.6 Å². The predicted molar refractivity (Wildman–Crippen MR) is 92.8 cm³/mol. The Morgan fingerprint density at radius 1 is 1.24 bits per heavy atom. The highest BCUT2D eigenvalue weighted by Crippen LogP contribution is 2.24. The Kier molecular flexibility index (Phi) is 8.32. The molecule has 0 aromatic carbocycles. The van der Waals surface area contributed by atoms with E-state index in [2.05, 4.69) is 44.6 Å². The maximum Gasteiger partial charge on any atom is 0.176 e. The van der Waals surface area contributed by atoms with Crippen LogP contribution in [-0.2, 0) is 9.47 Å². The van der Waals surface area contributed by atoms with Crippen molar-refractivity contribution in [1.29, 1.82) is 0 Å². The zero-order valence-electron chi connectivity index (χ0n) is 14.3. The van der Waals surface area contributed by atoms with Gasteiger partial charge in [-0.25, -0.2) is 0 Å². The monoisotopic (exact) mass is 308 g/mol. The highest BCUT2D eigenvalue weighted by atomic mass is 28.3. The molecule has 0 bridgehead atoms. The third-order valence-electron chi connectivity index (χ3n) is 3.63. The average Bonchev–Trinajstić information content (AvgIpc) is 2.43. The lowest BCUT2D eigenvalue weighted by Gasteiger charge is -2.25. The van der Waals surface area contributed by atoms with Crippen LogP contribution in [0.25, 0.3) is 0 Å². The number of hydrogen-bond acceptors (Lipinski definition) is 2. The maximum atomic E-state index is 5.88. The smallest absolute Gasteiger partial charge is 0.176 e. The third kappa shape index (κ3) is 9.13. The minimum absolute atomic E-state index is 0.0863. The van der Waals surface area contributed by atoms with Gasteiger partial charge in [-0.2, -0.15) is 0 Å². The van der Waals surface area contributed by atoms with Gasteiger partial charge in [0, 0.05) is 6.42 Å². The molecular weight excluding hydrogens is 276 g/mol. The molecule has 1 aliphatic carbocycles. The van der Waals surface area contributed by atoms with Gasteiger partial charge in [-0.05, 0) is 31.8 Å². The Bertz CT molecular complexity index is 356. The molecule has 0 spiro atoms. The minimum Gasteiger partial charge on any atom is -0.349 e. The van der Waals surface area contributed by atoms with Crippen molar-refractivity contribution < 1.29 is 9.47 Å². The van der Waals surface area contributed by atoms with Crippen molar-refractivity contribution >= 4 is 8.07 Å². The molecule has 2 nitrogen and oxygen atoms in total. The fourth-order valence-corrected chi connectivity index (χ4v) is 3.12. The Morgan fingerprint density at radius 2 is 1.90 bits per heavy atom. The molecule has 1 aliphatic rings. The quantitative estimate of drug-likeness (QED) is 0.292. The summed E-state index contributed by atoms with van der Waals surface area (Å²) in [6.07, 6.45) is 8.96. The van der Waals surface area contributed by atoms with Gasteiger partial charge in [0.1, 0.15) is 8.07 Å². The summed E-state index contributed by atoms with van der Waals surface area (Å²) in [7, 11) is -1.28. The molecule has 1 saturated carbocycles. The molecular formula is C18H32O2Si. The summed E-state index contributed by atoms with van der Waals surface area (Å²) in [5.74, 6) is 3.96. The summed E-state index contributed by atoms with van der Waals surface area (Å²) >= 11 is 0. The van der Waals surface area contributed by atoms with Crippen molar-refractivity contribution in [3.8, 4) is 11.5 Å². The van der Waals surface area contributed by atoms with Gasteiger partial charge >= 0.3 is 0 Å². The van der Waals surface area contributed by atoms with E-state index in [9.17, 15) is 0 Å². The minimum atomic E-state index is -1.28. The first-order valence-electron chi connectivity index (χ1n) is 8.30. The van der Waals surface area contributed by atoms with Crippen LogP contribution in [0.4, 0.5) is 0 Å². The first-order chi connectivity index (χ1) is 9.90. The molecule has 0 aromatic rings. The molecule has 0 N–H and O–H groups in total. The van der Waals surface area contributed by atoms with Crippen LogP contribution in [0.1, 0.15) is 45.4 Å². The molecule has 120 valence electrons. The lowest BCUT2D eigenvalue weighted by atomic mass is 9.90. The molecule has 0 radical (unpaired) electrons. The van der Waals surface area contributed by atoms with Crippen LogP contribution in [0, 0.1) is 17.4 Å². The van der Waals surface area contributed by atoms with Crippen molar-refractivity contribution in [3.63, 3.8) is 0 Å². The summed E-state index contributed by atoms with van der Waals surface area (Å²) in [6, 6.07) is 0. The van der Waals surface area contributed by atoms with Crippen molar-refractivity contribution in [3.05, 3.63) is 12.7 Å². The zero-order chi connectivity index (χ0) is 15.7. The second kappa shape index (κ2) is 9.45. The molecule has 0 unspecified atom stereocenters. The van der Waals surface area contributed by atoms with Gasteiger partial charge in [0.15, 0.2) is 6.29 Å². The van der Waals surface area contributed by atoms with Crippen molar-refractivity contribution in [1.82, 2.24) is 0 Å². The number of hydrogen-bond donors (Lipinski definition) is 0. The Hall–Kier alpha value is -0.563. The largest absolute Gasteiger partial charge is 0.349 e. The topological polar surface area (TPSA) is 18.5 Å². The molecule has 0 amide bonds. The van der Waals surface area contributed by atoms with Gasteiger partial charge in [-0.15, -0.1) is 11.5 Å². The molecule has 21 heavy (non-hydrogen) atoms. The lowest BCUT2D eigenvalue weighted by molar-refractivity contribution is -0.145. The molecule has 1 rings (SSSR count). The van der Waals surface area contributed by atoms with Gasteiger partial charge in [0.25, 0.3) is 0 Å². The van der Waals surface area contributed by atoms with E-state index in [4.69, 9.17) is 9.47 Å². The standard InChI is InChI=1S/C18H32O2Si/c1-6-18(19-15-17-12-8-7-9-13-17)20-16(2)11-10-14-21(3,4)5/h6,16-18H,1,7-9,11-13,15H2,2-5H3/t16-,18+/m1/s1. The molecule has 1 fully saturated rings. The van der Waals surface area contributed by atoms with Gasteiger partial charge < -0.3 is 9.47 Å². The normalized spacial score (nSPS) is 19.4. The number of rotatable bonds is 7. The molecule has 2 atom stereocenters. The second-order valence-electron chi connectivity index (χ2n) is 7.14. The van der Waals surface area contributed by atoms with E-state index in [1.807, 2.05) is 0 Å². The maximum absolute atomic E-state index is 5.88. The highest BCUT2D eigenvalue weighted by molar-refractivity contribution is 6.83. The summed E-state index contributed by atoms with van der Waals surface area (Å²) in [5.41, 5.74) is 3.37. The Balaban J connectivity index is 2.28. The van der Waals surface area contributed by atoms with E-state index >= 15 is 0 Å². The van der Waals surface area contributed by atoms with E-state index in [-0.39, 0.29) is 12.4 Å². The van der Waals surface area contributed by atoms with Gasteiger partial charge in [-0.1, -0.05) is 45.5 Å². The predicted octanol–water partition coefficient (Wildman–Crippen LogP) is 4.77. The van der Waals surface area contributed by atoms with E-state index in [0.29, 0.717) is 5.92 Å². The number of ether oxygens (including phenoxy) is 2. The Morgan fingerprint density at radius 3 is 2.48 bits per heavy atom. The van der Waals surface area contributed by atoms with Gasteiger partial charge in [0.05, 0.1) is 12.7 Å². The fraction of sp³-hybridized carbons (Fsp3) is 0.778. The molecule has 0 aromatic heterocycles. The van der Waals surface area contributed by atoms with Crippen LogP contribution >= 0.6 is 0 Å². The Labute approximate surface area is 132 Å². The van der Waals surface area contributed by atoms with Crippen molar-refractivity contribution in [2.45, 2.75) is 77.5 Å². The third-order valence-corrected chi connectivity index (χ3v) is 4.56. The summed E-state index contributed by atoms with van der Waals surface area (Å²) in [5, 5.41) is 0. The SMILES string of the molecule is C=C[C@@H](OCC1CCCCC1)O[C@H](C)CC#C[Si](C)(C)C. The van der Waals surface area contributed by atoms with Crippen LogP contribution in [-0.4, -0.2) is 27.1 Å². The van der Waals surface area contributed by atoms with Gasteiger partial charge in [0.2, 0.25) is 0 Å². The fourth-order valence-electron chi connectivity index (χ4n) is 2.48. The summed E-state index contributed by atoms with van der Waals surface area (Å²) in [6.45, 7) is 13.4. The average molecular weight is 309 g/mol. The van der Waals surface area contributed by atoms with Crippen LogP contribution < -0.4 is 0 Å². The first kappa shape index (κ1) is 18.5. The first-order valence-corrected chi connectivity index (χ1v) is 11.8. The van der Waals surface area contributed by atoms with Crippen LogP contribution in [0.5, 0.6) is 0 Å². The highest BCUT2D eigenvalue weighted by Gasteiger charge is 2.16. The molecule has 0 heterocycles. The molecule has 0 saturated heterocycles. The van der Waals surface area contributed by atoms with Crippen molar-refractivity contribution in [2.24, 2.45) is 5.92 Å².